The molecule has 0 aliphatic heterocycles. The van der Waals surface area contributed by atoms with Crippen LogP contribution in [0.15, 0.2) is 0 Å². The molecule has 98 valence electrons. The second kappa shape index (κ2) is 10.4. The van der Waals surface area contributed by atoms with Gasteiger partial charge in [0.25, 0.3) is 0 Å². The minimum absolute atomic E-state index is 0.232. The predicted molar refractivity (Wildman–Crippen MR) is 68.9 cm³/mol. The van der Waals surface area contributed by atoms with Gasteiger partial charge in [-0.15, -0.1) is 0 Å². The van der Waals surface area contributed by atoms with Gasteiger partial charge in [-0.1, -0.05) is 6.92 Å². The van der Waals surface area contributed by atoms with Crippen molar-refractivity contribution in [3.63, 3.8) is 0 Å². The largest absolute Gasteiger partial charge is 0.380 e. The van der Waals surface area contributed by atoms with Gasteiger partial charge in [-0.3, -0.25) is 0 Å². The van der Waals surface area contributed by atoms with E-state index in [-0.39, 0.29) is 5.54 Å². The number of nitrogens with one attached hydrogen (secondary N) is 1. The van der Waals surface area contributed by atoms with E-state index in [1.165, 1.54) is 12.0 Å². The van der Waals surface area contributed by atoms with Crippen LogP contribution in [0.1, 0.15) is 20.8 Å². The van der Waals surface area contributed by atoms with Crippen LogP contribution >= 0.6 is 12.0 Å². The van der Waals surface area contributed by atoms with Crippen molar-refractivity contribution in [2.75, 3.05) is 45.8 Å². The lowest BCUT2D eigenvalue weighted by Gasteiger charge is -2.33. The molecule has 16 heavy (non-hydrogen) atoms. The van der Waals surface area contributed by atoms with Gasteiger partial charge >= 0.3 is 0 Å². The van der Waals surface area contributed by atoms with Crippen molar-refractivity contribution in [2.45, 2.75) is 26.3 Å². The summed E-state index contributed by atoms with van der Waals surface area (Å²) in [6, 6.07) is 0. The van der Waals surface area contributed by atoms with E-state index in [1.807, 2.05) is 20.1 Å². The zero-order valence-electron chi connectivity index (χ0n) is 10.9. The summed E-state index contributed by atoms with van der Waals surface area (Å²) < 4.78 is 16.5. The maximum atomic E-state index is 5.51. The van der Waals surface area contributed by atoms with Crippen molar-refractivity contribution in [3.8, 4) is 0 Å². The molecule has 0 saturated heterocycles. The molecular weight excluding hydrogens is 226 g/mol. The van der Waals surface area contributed by atoms with Gasteiger partial charge in [0.2, 0.25) is 0 Å². The summed E-state index contributed by atoms with van der Waals surface area (Å²) in [7, 11) is 0. The van der Waals surface area contributed by atoms with Crippen molar-refractivity contribution in [2.24, 2.45) is 0 Å². The van der Waals surface area contributed by atoms with Crippen LogP contribution in [0.25, 0.3) is 0 Å². The lowest BCUT2D eigenvalue weighted by Crippen LogP contribution is -2.56. The van der Waals surface area contributed by atoms with E-state index >= 15 is 0 Å². The Morgan fingerprint density at radius 3 is 1.94 bits per heavy atom. The quantitative estimate of drug-likeness (QED) is 0.566. The summed E-state index contributed by atoms with van der Waals surface area (Å²) in [5.41, 5.74) is -0.232. The highest BCUT2D eigenvalue weighted by Gasteiger charge is 2.30. The van der Waals surface area contributed by atoms with Crippen molar-refractivity contribution in [1.82, 2.24) is 5.32 Å². The summed E-state index contributed by atoms with van der Waals surface area (Å²) >= 11 is 1.37. The highest BCUT2D eigenvalue weighted by molar-refractivity contribution is 7.93. The van der Waals surface area contributed by atoms with Crippen LogP contribution in [0.3, 0.4) is 0 Å². The number of hydrogen-bond acceptors (Lipinski definition) is 5. The van der Waals surface area contributed by atoms with Gasteiger partial charge in [0.15, 0.2) is 0 Å². The van der Waals surface area contributed by atoms with Gasteiger partial charge < -0.3 is 19.0 Å². The summed E-state index contributed by atoms with van der Waals surface area (Å²) in [5.74, 6) is 0. The van der Waals surface area contributed by atoms with E-state index in [4.69, 9.17) is 13.7 Å². The van der Waals surface area contributed by atoms with Crippen LogP contribution in [0.5, 0.6) is 0 Å². The minimum Gasteiger partial charge on any atom is -0.380 e. The first-order valence-corrected chi connectivity index (χ1v) is 6.95. The van der Waals surface area contributed by atoms with Gasteiger partial charge in [0, 0.05) is 19.5 Å². The fourth-order valence-electron chi connectivity index (χ4n) is 1.42. The van der Waals surface area contributed by atoms with Gasteiger partial charge in [-0.05, 0) is 32.4 Å². The second-order valence-electron chi connectivity index (χ2n) is 3.51. The Morgan fingerprint density at radius 2 is 1.56 bits per heavy atom. The third kappa shape index (κ3) is 6.70. The highest BCUT2D eigenvalue weighted by Crippen LogP contribution is 2.11. The minimum atomic E-state index is -0.232. The number of rotatable bonds is 11. The van der Waals surface area contributed by atoms with E-state index in [0.29, 0.717) is 33.0 Å². The van der Waals surface area contributed by atoms with Crippen molar-refractivity contribution < 1.29 is 13.7 Å². The predicted octanol–water partition coefficient (Wildman–Crippen LogP) is 1.70. The van der Waals surface area contributed by atoms with Gasteiger partial charge in [-0.2, -0.15) is 0 Å². The van der Waals surface area contributed by atoms with Gasteiger partial charge in [-0.25, -0.2) is 0 Å². The molecule has 1 N–H and O–H groups in total. The molecule has 4 nitrogen and oxygen atoms in total. The van der Waals surface area contributed by atoms with Crippen molar-refractivity contribution in [3.05, 3.63) is 0 Å². The summed E-state index contributed by atoms with van der Waals surface area (Å²) in [5, 5.41) is 3.41. The van der Waals surface area contributed by atoms with Crippen molar-refractivity contribution >= 4 is 12.0 Å². The molecule has 0 unspecified atom stereocenters. The van der Waals surface area contributed by atoms with Crippen molar-refractivity contribution in [1.29, 1.82) is 0 Å². The van der Waals surface area contributed by atoms with E-state index in [1.54, 1.807) is 0 Å². The fraction of sp³-hybridized carbons (Fsp3) is 1.00. The smallest absolute Gasteiger partial charge is 0.0902 e. The lowest BCUT2D eigenvalue weighted by molar-refractivity contribution is -0.00561. The van der Waals surface area contributed by atoms with E-state index < -0.39 is 0 Å². The molecule has 0 amide bonds. The number of hydrogen-bond donors (Lipinski definition) is 1. The average molecular weight is 251 g/mol. The summed E-state index contributed by atoms with van der Waals surface area (Å²) in [4.78, 5) is 0. The second-order valence-corrected chi connectivity index (χ2v) is 4.08. The molecule has 5 heteroatoms. The maximum Gasteiger partial charge on any atom is 0.0902 e. The van der Waals surface area contributed by atoms with Gasteiger partial charge in [0.1, 0.15) is 0 Å². The van der Waals surface area contributed by atoms with E-state index in [2.05, 4.69) is 12.2 Å². The van der Waals surface area contributed by atoms with Crippen LogP contribution in [-0.4, -0.2) is 51.4 Å². The molecule has 0 aliphatic rings. The van der Waals surface area contributed by atoms with E-state index in [9.17, 15) is 0 Å². The fourth-order valence-corrected chi connectivity index (χ4v) is 1.76. The summed E-state index contributed by atoms with van der Waals surface area (Å²) in [6.45, 7) is 10.2. The molecule has 0 aromatic carbocycles. The third-order valence-corrected chi connectivity index (χ3v) is 2.52. The molecular formula is C11H25NO3S. The van der Waals surface area contributed by atoms with E-state index in [0.717, 1.165) is 6.54 Å². The monoisotopic (exact) mass is 251 g/mol. The highest BCUT2D eigenvalue weighted by atomic mass is 32.2. The molecule has 0 bridgehead atoms. The molecule has 0 rings (SSSR count). The number of likely N-dealkylation sites (N-methyl/N-ethyl adjacent to an activating group) is 1. The Bertz CT molecular complexity index is 136. The summed E-state index contributed by atoms with van der Waals surface area (Å²) in [6.07, 6.45) is 1.91. The Hall–Kier alpha value is 0.190. The molecule has 0 aromatic heterocycles. The molecule has 0 atom stereocenters. The average Bonchev–Trinajstić information content (AvgIpc) is 2.31. The first-order chi connectivity index (χ1) is 7.74. The molecule has 0 aromatic rings. The SMILES string of the molecule is CCNC(COCC)(COCC)COSC. The maximum absolute atomic E-state index is 5.51. The van der Waals surface area contributed by atoms with Crippen LogP contribution in [-0.2, 0) is 13.7 Å². The normalized spacial score (nSPS) is 12.0. The number of ether oxygens (including phenoxy) is 2. The van der Waals surface area contributed by atoms with Gasteiger partial charge in [0.05, 0.1) is 25.4 Å². The zero-order valence-corrected chi connectivity index (χ0v) is 11.7. The molecule has 0 heterocycles. The Morgan fingerprint density at radius 1 is 1.00 bits per heavy atom. The Labute approximate surface area is 104 Å². The molecule has 0 aliphatic carbocycles. The lowest BCUT2D eigenvalue weighted by atomic mass is 10.0. The zero-order chi connectivity index (χ0) is 12.3. The van der Waals surface area contributed by atoms with Crippen LogP contribution in [0.2, 0.25) is 0 Å². The third-order valence-electron chi connectivity index (χ3n) is 2.17. The standard InChI is InChI=1S/C11H25NO3S/c1-5-12-11(8-13-6-2,9-14-7-3)10-15-16-4/h12H,5-10H2,1-4H3. The first-order valence-electron chi connectivity index (χ1n) is 5.80. The Kier molecular flexibility index (Phi) is 10.5. The molecule has 0 saturated carbocycles. The molecule has 0 fully saturated rings. The first kappa shape index (κ1) is 16.2. The van der Waals surface area contributed by atoms with Crippen LogP contribution < -0.4 is 5.32 Å². The Balaban J connectivity index is 4.32. The molecule has 0 spiro atoms. The van der Waals surface area contributed by atoms with Crippen LogP contribution in [0.4, 0.5) is 0 Å². The van der Waals surface area contributed by atoms with Crippen LogP contribution in [0, 0.1) is 0 Å². The molecule has 0 radical (unpaired) electrons. The topological polar surface area (TPSA) is 39.7 Å².